The van der Waals surface area contributed by atoms with Crippen LogP contribution in [0.4, 0.5) is 10.1 Å². The van der Waals surface area contributed by atoms with Crippen molar-refractivity contribution in [2.45, 2.75) is 13.3 Å². The molecule has 1 aliphatic rings. The number of aryl methyl sites for hydroxylation is 1. The zero-order chi connectivity index (χ0) is 15.9. The normalized spacial score (nSPS) is 19.4. The van der Waals surface area contributed by atoms with Gasteiger partial charge in [-0.2, -0.15) is 0 Å². The molecule has 8 heteroatoms. The molecule has 2 amide bonds. The van der Waals surface area contributed by atoms with Crippen LogP contribution in [-0.4, -0.2) is 32.2 Å². The van der Waals surface area contributed by atoms with Crippen molar-refractivity contribution in [3.8, 4) is 0 Å². The molecule has 0 bridgehead atoms. The number of halogens is 2. The minimum atomic E-state index is -3.39. The molecule has 1 aliphatic heterocycles. The summed E-state index contributed by atoms with van der Waals surface area (Å²) in [4.78, 5) is 25.0. The first-order chi connectivity index (χ1) is 9.60. The van der Waals surface area contributed by atoms with Gasteiger partial charge in [0.15, 0.2) is 0 Å². The van der Waals surface area contributed by atoms with E-state index in [1.54, 1.807) is 6.92 Å². The lowest BCUT2D eigenvalue weighted by Crippen LogP contribution is -2.32. The first kappa shape index (κ1) is 15.9. The second-order valence-corrected chi connectivity index (χ2v) is 7.68. The lowest BCUT2D eigenvalue weighted by atomic mass is 10.1. The van der Waals surface area contributed by atoms with Crippen LogP contribution in [-0.2, 0) is 19.4 Å². The molecule has 0 saturated carbocycles. The molecule has 5 nitrogen and oxygen atoms in total. The third-order valence-corrected chi connectivity index (χ3v) is 4.68. The minimum Gasteiger partial charge on any atom is -0.274 e. The van der Waals surface area contributed by atoms with Crippen molar-refractivity contribution < 1.29 is 22.4 Å². The van der Waals surface area contributed by atoms with E-state index in [0.717, 1.165) is 17.2 Å². The van der Waals surface area contributed by atoms with Gasteiger partial charge >= 0.3 is 0 Å². The van der Waals surface area contributed by atoms with Crippen molar-refractivity contribution in [3.05, 3.63) is 28.5 Å². The smallest absolute Gasteiger partial charge is 0.238 e. The zero-order valence-corrected chi connectivity index (χ0v) is 13.0. The van der Waals surface area contributed by atoms with E-state index in [9.17, 15) is 22.4 Å². The lowest BCUT2D eigenvalue weighted by Gasteiger charge is -2.16. The van der Waals surface area contributed by atoms with E-state index in [0.29, 0.717) is 5.56 Å². The molecule has 1 atom stereocenters. The highest BCUT2D eigenvalue weighted by Gasteiger charge is 2.41. The van der Waals surface area contributed by atoms with Crippen LogP contribution in [0.2, 0.25) is 5.02 Å². The Balaban J connectivity index is 2.37. The fourth-order valence-electron chi connectivity index (χ4n) is 2.30. The number of amides is 2. The summed E-state index contributed by atoms with van der Waals surface area (Å²) in [5.74, 6) is -3.24. The van der Waals surface area contributed by atoms with Gasteiger partial charge in [-0.15, -0.1) is 0 Å². The van der Waals surface area contributed by atoms with Crippen molar-refractivity contribution in [3.63, 3.8) is 0 Å². The Labute approximate surface area is 126 Å². The first-order valence-electron chi connectivity index (χ1n) is 6.10. The number of sulfone groups is 1. The van der Waals surface area contributed by atoms with Crippen LogP contribution in [0.15, 0.2) is 12.1 Å². The number of imide groups is 1. The van der Waals surface area contributed by atoms with Gasteiger partial charge in [0.2, 0.25) is 11.8 Å². The highest BCUT2D eigenvalue weighted by atomic mass is 35.5. The average Bonchev–Trinajstić information content (AvgIpc) is 2.59. The predicted molar refractivity (Wildman–Crippen MR) is 76.5 cm³/mol. The Kier molecular flexibility index (Phi) is 4.08. The number of anilines is 1. The molecule has 1 heterocycles. The third kappa shape index (κ3) is 3.24. The molecule has 1 aromatic carbocycles. The zero-order valence-electron chi connectivity index (χ0n) is 11.4. The quantitative estimate of drug-likeness (QED) is 0.789. The number of benzene rings is 1. The van der Waals surface area contributed by atoms with Crippen molar-refractivity contribution in [2.24, 2.45) is 5.92 Å². The molecule has 0 radical (unpaired) electrons. The fraction of sp³-hybridized carbons (Fsp3) is 0.385. The van der Waals surface area contributed by atoms with Crippen LogP contribution in [0.25, 0.3) is 0 Å². The molecular formula is C13H13ClFNO4S. The van der Waals surface area contributed by atoms with Crippen molar-refractivity contribution in [1.82, 2.24) is 0 Å². The van der Waals surface area contributed by atoms with Gasteiger partial charge in [-0.05, 0) is 24.6 Å². The summed E-state index contributed by atoms with van der Waals surface area (Å²) in [6.45, 7) is 1.55. The van der Waals surface area contributed by atoms with Gasteiger partial charge < -0.3 is 0 Å². The summed E-state index contributed by atoms with van der Waals surface area (Å²) in [5, 5.41) is -0.0782. The van der Waals surface area contributed by atoms with Crippen molar-refractivity contribution in [2.75, 3.05) is 16.9 Å². The molecule has 0 aromatic heterocycles. The Hall–Kier alpha value is -1.47. The van der Waals surface area contributed by atoms with E-state index >= 15 is 0 Å². The SMILES string of the molecule is Cc1cc(N2C(=O)CC(CS(C)(=O)=O)C2=O)cc(F)c1Cl. The number of hydrogen-bond acceptors (Lipinski definition) is 4. The number of rotatable bonds is 3. The molecule has 0 N–H and O–H groups in total. The average molecular weight is 334 g/mol. The van der Waals surface area contributed by atoms with Gasteiger partial charge in [-0.3, -0.25) is 14.5 Å². The fourth-order valence-corrected chi connectivity index (χ4v) is 3.40. The van der Waals surface area contributed by atoms with E-state index in [1.807, 2.05) is 0 Å². The van der Waals surface area contributed by atoms with Gasteiger partial charge in [0.25, 0.3) is 0 Å². The van der Waals surface area contributed by atoms with Crippen LogP contribution in [0.3, 0.4) is 0 Å². The summed E-state index contributed by atoms with van der Waals surface area (Å²) < 4.78 is 36.2. The first-order valence-corrected chi connectivity index (χ1v) is 8.54. The summed E-state index contributed by atoms with van der Waals surface area (Å²) >= 11 is 5.70. The van der Waals surface area contributed by atoms with Gasteiger partial charge in [0.05, 0.1) is 22.4 Å². The van der Waals surface area contributed by atoms with Gasteiger partial charge in [-0.25, -0.2) is 12.8 Å². The topological polar surface area (TPSA) is 71.5 Å². The molecule has 1 unspecified atom stereocenters. The molecule has 0 spiro atoms. The summed E-state index contributed by atoms with van der Waals surface area (Å²) in [6, 6.07) is 2.41. The predicted octanol–water partition coefficient (Wildman–Crippen LogP) is 1.71. The number of carbonyl (C=O) groups is 2. The molecule has 1 fully saturated rings. The maximum atomic E-state index is 13.6. The number of carbonyl (C=O) groups excluding carboxylic acids is 2. The van der Waals surface area contributed by atoms with E-state index in [1.165, 1.54) is 6.07 Å². The number of hydrogen-bond donors (Lipinski definition) is 0. The molecule has 2 rings (SSSR count). The highest BCUT2D eigenvalue weighted by Crippen LogP contribution is 2.31. The van der Waals surface area contributed by atoms with Gasteiger partial charge in [0.1, 0.15) is 15.7 Å². The molecule has 1 aromatic rings. The summed E-state index contributed by atoms with van der Waals surface area (Å²) in [6.07, 6.45) is 0.800. The second-order valence-electron chi connectivity index (χ2n) is 5.12. The second kappa shape index (κ2) is 5.38. The van der Waals surface area contributed by atoms with Crippen LogP contribution in [0, 0.1) is 18.7 Å². The summed E-state index contributed by atoms with van der Waals surface area (Å²) in [5.41, 5.74) is 0.458. The van der Waals surface area contributed by atoms with Crippen LogP contribution in [0.1, 0.15) is 12.0 Å². The van der Waals surface area contributed by atoms with Crippen LogP contribution < -0.4 is 4.90 Å². The van der Waals surface area contributed by atoms with Crippen molar-refractivity contribution >= 4 is 38.9 Å². The van der Waals surface area contributed by atoms with Crippen LogP contribution in [0.5, 0.6) is 0 Å². The lowest BCUT2D eigenvalue weighted by molar-refractivity contribution is -0.122. The Morgan fingerprint density at radius 2 is 2.00 bits per heavy atom. The summed E-state index contributed by atoms with van der Waals surface area (Å²) in [7, 11) is -3.39. The Bertz CT molecular complexity index is 709. The maximum absolute atomic E-state index is 13.6. The molecule has 114 valence electrons. The maximum Gasteiger partial charge on any atom is 0.238 e. The Morgan fingerprint density at radius 3 is 2.52 bits per heavy atom. The molecule has 21 heavy (non-hydrogen) atoms. The number of nitrogens with zero attached hydrogens (tertiary/aromatic N) is 1. The standard InChI is InChI=1S/C13H13ClFNO4S/c1-7-3-9(5-10(15)12(7)14)16-11(17)4-8(13(16)18)6-21(2,19)20/h3,5,8H,4,6H2,1-2H3. The molecule has 0 aliphatic carbocycles. The minimum absolute atomic E-state index is 0.0698. The van der Waals surface area contributed by atoms with E-state index in [2.05, 4.69) is 0 Å². The third-order valence-electron chi connectivity index (χ3n) is 3.20. The van der Waals surface area contributed by atoms with Gasteiger partial charge in [-0.1, -0.05) is 11.6 Å². The molecular weight excluding hydrogens is 321 g/mol. The van der Waals surface area contributed by atoms with E-state index in [-0.39, 0.29) is 17.1 Å². The monoisotopic (exact) mass is 333 g/mol. The van der Waals surface area contributed by atoms with Crippen LogP contribution >= 0.6 is 11.6 Å². The van der Waals surface area contributed by atoms with Gasteiger partial charge in [0, 0.05) is 12.7 Å². The van der Waals surface area contributed by atoms with E-state index in [4.69, 9.17) is 11.6 Å². The van der Waals surface area contributed by atoms with E-state index < -0.39 is 39.1 Å². The molecule has 1 saturated heterocycles. The highest BCUT2D eigenvalue weighted by molar-refractivity contribution is 7.90. The Morgan fingerprint density at radius 1 is 1.38 bits per heavy atom. The van der Waals surface area contributed by atoms with Crippen molar-refractivity contribution in [1.29, 1.82) is 0 Å². The largest absolute Gasteiger partial charge is 0.274 e.